The molecule has 0 radical (unpaired) electrons. The molecule has 15 heavy (non-hydrogen) atoms. The van der Waals surface area contributed by atoms with E-state index in [0.29, 0.717) is 0 Å². The topological polar surface area (TPSA) is 9.23 Å². The zero-order valence-electron chi connectivity index (χ0n) is 10.2. The average molecular weight is 240 g/mol. The van der Waals surface area contributed by atoms with Crippen LogP contribution in [0.5, 0.6) is 5.75 Å². The minimum Gasteiger partial charge on any atom is -0.543 e. The molecule has 0 atom stereocenters. The van der Waals surface area contributed by atoms with Crippen molar-refractivity contribution in [2.75, 3.05) is 0 Å². The van der Waals surface area contributed by atoms with Gasteiger partial charge in [-0.2, -0.15) is 0 Å². The lowest BCUT2D eigenvalue weighted by molar-refractivity contribution is 0.483. The first kappa shape index (κ1) is 12.7. The van der Waals surface area contributed by atoms with Crippen LogP contribution in [0.25, 0.3) is 0 Å². The van der Waals surface area contributed by atoms with Gasteiger partial charge in [0, 0.05) is 4.90 Å². The summed E-state index contributed by atoms with van der Waals surface area (Å²) in [6, 6.07) is 7.91. The largest absolute Gasteiger partial charge is 0.543 e. The third-order valence-corrected chi connectivity index (χ3v) is 7.75. The lowest BCUT2D eigenvalue weighted by atomic mass is 10.2. The lowest BCUT2D eigenvalue weighted by Crippen LogP contribution is -2.43. The molecule has 0 aliphatic carbocycles. The third-order valence-electron chi connectivity index (χ3n) is 3.04. The van der Waals surface area contributed by atoms with Crippen LogP contribution in [0.2, 0.25) is 18.1 Å². The molecule has 0 fully saturated rings. The molecule has 0 aliphatic rings. The van der Waals surface area contributed by atoms with Crippen LogP contribution in [0.4, 0.5) is 0 Å². The highest BCUT2D eigenvalue weighted by molar-refractivity contribution is 7.80. The third kappa shape index (κ3) is 3.02. The standard InChI is InChI=1S/C12H20OSSi/c1-12(2,3)15(4,5)13-10-8-6-7-9-11(10)14/h6-9,14H,1-5H3. The molecule has 0 spiro atoms. The van der Waals surface area contributed by atoms with Crippen LogP contribution >= 0.6 is 12.6 Å². The Balaban J connectivity index is 2.92. The number of hydrogen-bond donors (Lipinski definition) is 1. The van der Waals surface area contributed by atoms with Crippen molar-refractivity contribution in [3.8, 4) is 5.75 Å². The van der Waals surface area contributed by atoms with Crippen molar-refractivity contribution in [3.63, 3.8) is 0 Å². The molecular weight excluding hydrogens is 220 g/mol. The maximum atomic E-state index is 6.16. The predicted molar refractivity (Wildman–Crippen MR) is 71.5 cm³/mol. The summed E-state index contributed by atoms with van der Waals surface area (Å²) in [4.78, 5) is 0.919. The fourth-order valence-electron chi connectivity index (χ4n) is 0.971. The summed E-state index contributed by atoms with van der Waals surface area (Å²) >= 11 is 4.40. The van der Waals surface area contributed by atoms with E-state index < -0.39 is 8.32 Å². The number of thiol groups is 1. The summed E-state index contributed by atoms with van der Waals surface area (Å²) in [7, 11) is -1.73. The Morgan fingerprint density at radius 2 is 1.67 bits per heavy atom. The van der Waals surface area contributed by atoms with Gasteiger partial charge in [0.25, 0.3) is 8.32 Å². The summed E-state index contributed by atoms with van der Waals surface area (Å²) in [6.45, 7) is 11.2. The molecule has 0 aromatic heterocycles. The molecule has 0 amide bonds. The maximum absolute atomic E-state index is 6.16. The first-order valence-electron chi connectivity index (χ1n) is 5.21. The quantitative estimate of drug-likeness (QED) is 0.597. The van der Waals surface area contributed by atoms with E-state index in [2.05, 4.69) is 46.5 Å². The minimum atomic E-state index is -1.73. The molecule has 84 valence electrons. The van der Waals surface area contributed by atoms with Gasteiger partial charge in [0.15, 0.2) is 0 Å². The van der Waals surface area contributed by atoms with Crippen LogP contribution in [-0.4, -0.2) is 8.32 Å². The van der Waals surface area contributed by atoms with E-state index >= 15 is 0 Å². The zero-order chi connectivity index (χ0) is 11.7. The average Bonchev–Trinajstić information content (AvgIpc) is 2.06. The van der Waals surface area contributed by atoms with E-state index in [-0.39, 0.29) is 5.04 Å². The lowest BCUT2D eigenvalue weighted by Gasteiger charge is -2.36. The van der Waals surface area contributed by atoms with Crippen LogP contribution in [0.3, 0.4) is 0 Å². The minimum absolute atomic E-state index is 0.225. The molecule has 0 unspecified atom stereocenters. The van der Waals surface area contributed by atoms with Crippen LogP contribution in [0, 0.1) is 0 Å². The normalized spacial score (nSPS) is 12.7. The highest BCUT2D eigenvalue weighted by Gasteiger charge is 2.39. The fraction of sp³-hybridized carbons (Fsp3) is 0.500. The highest BCUT2D eigenvalue weighted by Crippen LogP contribution is 2.38. The van der Waals surface area contributed by atoms with Crippen molar-refractivity contribution in [1.82, 2.24) is 0 Å². The van der Waals surface area contributed by atoms with Crippen molar-refractivity contribution in [3.05, 3.63) is 24.3 Å². The van der Waals surface area contributed by atoms with E-state index in [1.807, 2.05) is 24.3 Å². The Kier molecular flexibility index (Phi) is 3.56. The van der Waals surface area contributed by atoms with Gasteiger partial charge in [0.05, 0.1) is 0 Å². The number of hydrogen-bond acceptors (Lipinski definition) is 2. The molecule has 1 nitrogen and oxygen atoms in total. The van der Waals surface area contributed by atoms with Gasteiger partial charge in [0.2, 0.25) is 0 Å². The fourth-order valence-corrected chi connectivity index (χ4v) is 2.30. The van der Waals surface area contributed by atoms with Crippen molar-refractivity contribution in [1.29, 1.82) is 0 Å². The summed E-state index contributed by atoms with van der Waals surface area (Å²) in [5, 5.41) is 0.225. The molecule has 0 saturated carbocycles. The molecule has 0 bridgehead atoms. The molecule has 3 heteroatoms. The first-order valence-corrected chi connectivity index (χ1v) is 8.56. The van der Waals surface area contributed by atoms with Gasteiger partial charge in [-0.25, -0.2) is 0 Å². The molecule has 1 rings (SSSR count). The summed E-state index contributed by atoms with van der Waals surface area (Å²) in [5.41, 5.74) is 0. The van der Waals surface area contributed by atoms with E-state index in [1.54, 1.807) is 0 Å². The van der Waals surface area contributed by atoms with Gasteiger partial charge in [0.1, 0.15) is 5.75 Å². The second-order valence-electron chi connectivity index (χ2n) is 5.33. The highest BCUT2D eigenvalue weighted by atomic mass is 32.1. The monoisotopic (exact) mass is 240 g/mol. The predicted octanol–water partition coefficient (Wildman–Crippen LogP) is 4.36. The van der Waals surface area contributed by atoms with Crippen molar-refractivity contribution >= 4 is 20.9 Å². The van der Waals surface area contributed by atoms with Crippen LogP contribution in [0.15, 0.2) is 29.2 Å². The SMILES string of the molecule is CC(C)(C)[Si](C)(C)Oc1ccccc1S. The Bertz CT molecular complexity index is 342. The van der Waals surface area contributed by atoms with Crippen molar-refractivity contribution in [2.45, 2.75) is 43.8 Å². The zero-order valence-corrected chi connectivity index (χ0v) is 12.1. The maximum Gasteiger partial charge on any atom is 0.250 e. The summed E-state index contributed by atoms with van der Waals surface area (Å²) in [6.07, 6.45) is 0. The van der Waals surface area contributed by atoms with Gasteiger partial charge in [-0.05, 0) is 30.3 Å². The van der Waals surface area contributed by atoms with Gasteiger partial charge >= 0.3 is 0 Å². The van der Waals surface area contributed by atoms with E-state index in [0.717, 1.165) is 10.6 Å². The van der Waals surface area contributed by atoms with Gasteiger partial charge in [-0.1, -0.05) is 32.9 Å². The summed E-state index contributed by atoms with van der Waals surface area (Å²) in [5.74, 6) is 0.910. The number of benzene rings is 1. The molecule has 0 aliphatic heterocycles. The van der Waals surface area contributed by atoms with Gasteiger partial charge in [-0.15, -0.1) is 12.6 Å². The van der Waals surface area contributed by atoms with Crippen molar-refractivity contribution in [2.24, 2.45) is 0 Å². The number of para-hydroxylation sites is 1. The van der Waals surface area contributed by atoms with E-state index in [4.69, 9.17) is 4.43 Å². The molecule has 0 heterocycles. The summed E-state index contributed by atoms with van der Waals surface area (Å²) < 4.78 is 6.16. The second kappa shape index (κ2) is 4.22. The van der Waals surface area contributed by atoms with E-state index in [1.165, 1.54) is 0 Å². The van der Waals surface area contributed by atoms with Crippen molar-refractivity contribution < 1.29 is 4.43 Å². The van der Waals surface area contributed by atoms with Crippen LogP contribution in [0.1, 0.15) is 20.8 Å². The van der Waals surface area contributed by atoms with Crippen LogP contribution < -0.4 is 4.43 Å². The Hall–Kier alpha value is -0.413. The van der Waals surface area contributed by atoms with E-state index in [9.17, 15) is 0 Å². The number of rotatable bonds is 2. The van der Waals surface area contributed by atoms with Gasteiger partial charge in [-0.3, -0.25) is 0 Å². The molecule has 1 aromatic rings. The van der Waals surface area contributed by atoms with Crippen LogP contribution in [-0.2, 0) is 0 Å². The Labute approximate surface area is 99.4 Å². The first-order chi connectivity index (χ1) is 6.74. The Morgan fingerprint density at radius 1 is 1.13 bits per heavy atom. The smallest absolute Gasteiger partial charge is 0.250 e. The molecule has 1 aromatic carbocycles. The molecule has 0 saturated heterocycles. The molecular formula is C12H20OSSi. The second-order valence-corrected chi connectivity index (χ2v) is 10.5. The Morgan fingerprint density at radius 3 is 2.13 bits per heavy atom. The van der Waals surface area contributed by atoms with Gasteiger partial charge < -0.3 is 4.43 Å². The molecule has 0 N–H and O–H groups in total.